The Hall–Kier alpha value is -8.08. The molecule has 0 spiro atoms. The first-order valence-corrected chi connectivity index (χ1v) is 25.9. The summed E-state index contributed by atoms with van der Waals surface area (Å²) in [4.78, 5) is 130. The number of carbonyl (C=O) groups excluding carboxylic acids is 9. The summed E-state index contributed by atoms with van der Waals surface area (Å²) in [6.45, 7) is 12.1. The number of nitrogens with one attached hydrogen (secondary N) is 10. The number of hydrogen-bond acceptors (Lipinski definition) is 12. The first-order valence-electron chi connectivity index (χ1n) is 25.9. The van der Waals surface area contributed by atoms with Crippen LogP contribution in [0.25, 0.3) is 10.9 Å². The maximum Gasteiger partial charge on any atom is 0.243 e. The van der Waals surface area contributed by atoms with Gasteiger partial charge in [-0.05, 0) is 79.8 Å². The summed E-state index contributed by atoms with van der Waals surface area (Å²) >= 11 is 0. The molecule has 4 aromatic rings. The van der Waals surface area contributed by atoms with Gasteiger partial charge < -0.3 is 69.7 Å². The highest BCUT2D eigenvalue weighted by Crippen LogP contribution is 2.20. The molecular formula is C54H78N14O9. The van der Waals surface area contributed by atoms with Crippen LogP contribution in [-0.2, 0) is 62.4 Å². The Morgan fingerprint density at radius 3 is 1.91 bits per heavy atom. The minimum absolute atomic E-state index is 0.0248. The summed E-state index contributed by atoms with van der Waals surface area (Å²) in [7, 11) is 0. The fourth-order valence-corrected chi connectivity index (χ4v) is 8.34. The van der Waals surface area contributed by atoms with Crippen molar-refractivity contribution >= 4 is 64.1 Å². The third-order valence-electron chi connectivity index (χ3n) is 12.5. The molecule has 0 aliphatic rings. The molecule has 77 heavy (non-hydrogen) atoms. The first-order chi connectivity index (χ1) is 36.5. The maximum atomic E-state index is 14.2. The van der Waals surface area contributed by atoms with Crippen LogP contribution in [-0.4, -0.2) is 123 Å². The number of nitrogens with zero attached hydrogens (tertiary/aromatic N) is 1. The van der Waals surface area contributed by atoms with Gasteiger partial charge in [0, 0.05) is 54.3 Å². The number of benzene rings is 2. The number of aromatic nitrogens is 3. The van der Waals surface area contributed by atoms with Gasteiger partial charge in [0.1, 0.15) is 36.3 Å². The predicted octanol–water partition coefficient (Wildman–Crippen LogP) is 0.262. The van der Waals surface area contributed by atoms with E-state index in [-0.39, 0.29) is 43.9 Å². The Labute approximate surface area is 449 Å². The Balaban J connectivity index is 1.44. The molecule has 0 saturated heterocycles. The minimum Gasteiger partial charge on any atom is -0.380 e. The van der Waals surface area contributed by atoms with Gasteiger partial charge in [0.25, 0.3) is 0 Å². The molecule has 2 aromatic carbocycles. The van der Waals surface area contributed by atoms with Crippen molar-refractivity contribution in [1.29, 1.82) is 0 Å². The lowest BCUT2D eigenvalue weighted by molar-refractivity contribution is -0.135. The lowest BCUT2D eigenvalue weighted by Gasteiger charge is -2.26. The number of hydrogen-bond donors (Lipinski definition) is 13. The Morgan fingerprint density at radius 1 is 0.636 bits per heavy atom. The summed E-state index contributed by atoms with van der Waals surface area (Å²) in [5.41, 5.74) is 20.0. The summed E-state index contributed by atoms with van der Waals surface area (Å²) in [5.74, 6) is -6.41. The van der Waals surface area contributed by atoms with E-state index in [1.54, 1.807) is 56.6 Å². The lowest BCUT2D eigenvalue weighted by Crippen LogP contribution is -2.59. The average molecular weight is 1070 g/mol. The van der Waals surface area contributed by atoms with Crippen LogP contribution >= 0.6 is 0 Å². The summed E-state index contributed by atoms with van der Waals surface area (Å²) in [6, 6.07) is 7.87. The normalized spacial score (nSPS) is 14.6. The smallest absolute Gasteiger partial charge is 0.243 e. The molecule has 2 aromatic heterocycles. The standard InChI is InChI=1S/C54H78N14O9/c1-30(2)21-36(19-20-59-42(48(57)71)22-31(3)4)64-53(76)44(25-37-27-58-29-62-37)65-46(70)28-61-54(77)47(32(5)6)68-49(72)33(7)63-52(75)43(24-35-26-60-40-16-12-11-15-38(35)40)67-51(74)41(17-18-45(56)69)66-50(73)39(55)23-34-13-9-8-10-14-34/h8-16,19-20,26-27,29-33,36,39,41-44,47,59-60H,17-18,21-25,28,55H2,1-7H3,(H2,56,69)(H2,57,71)(H,58,62)(H,61,77)(H,63,75)(H,64,76)(H,65,70)(H,66,73)(H,67,74)(H,68,72)/b20-19+/t33-,36+,39+,41-,42+,43-,44-,47-/m0/s1. The van der Waals surface area contributed by atoms with Gasteiger partial charge in [-0.1, -0.05) is 90.1 Å². The van der Waals surface area contributed by atoms with Crippen LogP contribution in [0.3, 0.4) is 0 Å². The molecule has 23 nitrogen and oxygen atoms in total. The number of para-hydroxylation sites is 1. The molecule has 16 N–H and O–H groups in total. The van der Waals surface area contributed by atoms with Crippen LogP contribution < -0.4 is 59.7 Å². The third-order valence-corrected chi connectivity index (χ3v) is 12.5. The van der Waals surface area contributed by atoms with E-state index in [2.05, 4.69) is 57.5 Å². The molecule has 4 rings (SSSR count). The summed E-state index contributed by atoms with van der Waals surface area (Å²) < 4.78 is 0. The van der Waals surface area contributed by atoms with Gasteiger partial charge in [-0.25, -0.2) is 4.98 Å². The number of fused-ring (bicyclic) bond motifs is 1. The number of rotatable bonds is 32. The number of primary amides is 2. The van der Waals surface area contributed by atoms with Gasteiger partial charge in [-0.2, -0.15) is 0 Å². The fourth-order valence-electron chi connectivity index (χ4n) is 8.34. The molecule has 0 bridgehead atoms. The van der Waals surface area contributed by atoms with Crippen LogP contribution in [0.1, 0.15) is 91.0 Å². The van der Waals surface area contributed by atoms with Gasteiger partial charge in [0.2, 0.25) is 53.2 Å². The van der Waals surface area contributed by atoms with E-state index >= 15 is 0 Å². The van der Waals surface area contributed by atoms with Crippen molar-refractivity contribution in [3.63, 3.8) is 0 Å². The topological polar surface area (TPSA) is 372 Å². The van der Waals surface area contributed by atoms with Crippen molar-refractivity contribution in [1.82, 2.24) is 57.5 Å². The molecule has 0 radical (unpaired) electrons. The molecule has 0 aliphatic heterocycles. The molecule has 0 aliphatic carbocycles. The quantitative estimate of drug-likeness (QED) is 0.0313. The number of nitrogens with two attached hydrogens (primary N) is 3. The predicted molar refractivity (Wildman–Crippen MR) is 290 cm³/mol. The highest BCUT2D eigenvalue weighted by atomic mass is 16.2. The van der Waals surface area contributed by atoms with Crippen LogP contribution in [0, 0.1) is 17.8 Å². The first kappa shape index (κ1) is 61.5. The molecule has 0 fully saturated rings. The summed E-state index contributed by atoms with van der Waals surface area (Å²) in [6.07, 6.45) is 8.60. The van der Waals surface area contributed by atoms with Gasteiger partial charge in [0.05, 0.1) is 18.9 Å². The molecule has 9 amide bonds. The molecule has 8 atom stereocenters. The minimum atomic E-state index is -1.34. The highest BCUT2D eigenvalue weighted by Gasteiger charge is 2.33. The lowest BCUT2D eigenvalue weighted by atomic mass is 10.0. The SMILES string of the molecule is CC(C)C[C@@H](/C=C/N[C@H](CC(C)C)C(N)=O)NC(=O)[C@H](Cc1cnc[nH]1)NC(=O)CNC(=O)[C@@H](NC(=O)[C@H](C)NC(=O)[C@H](Cc1c[nH]c2ccccc12)NC(=O)[C@H](CCC(N)=O)NC(=O)[C@H](N)Cc1ccccc1)C(C)C. The number of H-pyrrole nitrogens is 2. The van der Waals surface area contributed by atoms with Crippen molar-refractivity contribution in [3.8, 4) is 0 Å². The maximum absolute atomic E-state index is 14.2. The van der Waals surface area contributed by atoms with Crippen LogP contribution in [0.15, 0.2) is 85.6 Å². The van der Waals surface area contributed by atoms with Crippen LogP contribution in [0.5, 0.6) is 0 Å². The Bertz CT molecular complexity index is 2640. The monoisotopic (exact) mass is 1070 g/mol. The highest BCUT2D eigenvalue weighted by molar-refractivity contribution is 5.97. The van der Waals surface area contributed by atoms with Crippen LogP contribution in [0.4, 0.5) is 0 Å². The zero-order valence-corrected chi connectivity index (χ0v) is 44.9. The van der Waals surface area contributed by atoms with E-state index in [4.69, 9.17) is 17.2 Å². The molecule has 0 unspecified atom stereocenters. The van der Waals surface area contributed by atoms with Gasteiger partial charge in [-0.15, -0.1) is 0 Å². The second kappa shape index (κ2) is 30.5. The van der Waals surface area contributed by atoms with Crippen molar-refractivity contribution < 1.29 is 43.2 Å². The third kappa shape index (κ3) is 20.9. The van der Waals surface area contributed by atoms with Gasteiger partial charge in [-0.3, -0.25) is 43.2 Å². The van der Waals surface area contributed by atoms with Crippen molar-refractivity contribution in [2.75, 3.05) is 6.54 Å². The zero-order valence-electron chi connectivity index (χ0n) is 44.9. The molecule has 23 heteroatoms. The molecule has 0 saturated carbocycles. The second-order valence-corrected chi connectivity index (χ2v) is 20.4. The molecule has 418 valence electrons. The van der Waals surface area contributed by atoms with Crippen LogP contribution in [0.2, 0.25) is 0 Å². The molecular weight excluding hydrogens is 989 g/mol. The van der Waals surface area contributed by atoms with E-state index < -0.39 is 114 Å². The summed E-state index contributed by atoms with van der Waals surface area (Å²) in [5, 5.41) is 22.6. The fraction of sp³-hybridized carbons (Fsp3) is 0.481. The van der Waals surface area contributed by atoms with E-state index in [9.17, 15) is 43.2 Å². The van der Waals surface area contributed by atoms with E-state index in [1.807, 2.05) is 58.0 Å². The van der Waals surface area contributed by atoms with Crippen molar-refractivity contribution in [3.05, 3.63) is 102 Å². The van der Waals surface area contributed by atoms with Crippen molar-refractivity contribution in [2.24, 2.45) is 35.0 Å². The number of imidazole rings is 1. The molecule has 2 heterocycles. The van der Waals surface area contributed by atoms with E-state index in [0.29, 0.717) is 24.1 Å². The van der Waals surface area contributed by atoms with E-state index in [1.165, 1.54) is 19.4 Å². The van der Waals surface area contributed by atoms with Gasteiger partial charge >= 0.3 is 0 Å². The average Bonchev–Trinajstić information content (AvgIpc) is 4.05. The second-order valence-electron chi connectivity index (χ2n) is 20.4. The Morgan fingerprint density at radius 2 is 1.27 bits per heavy atom. The number of amides is 9. The number of aromatic amines is 2. The number of carbonyl (C=O) groups is 9. The largest absolute Gasteiger partial charge is 0.380 e. The van der Waals surface area contributed by atoms with E-state index in [0.717, 1.165) is 16.5 Å². The van der Waals surface area contributed by atoms with Gasteiger partial charge in [0.15, 0.2) is 0 Å². The zero-order chi connectivity index (χ0) is 56.8. The Kier molecular flexibility index (Phi) is 24.3. The van der Waals surface area contributed by atoms with Crippen molar-refractivity contribution in [2.45, 2.75) is 142 Å².